The van der Waals surface area contributed by atoms with Gasteiger partial charge >= 0.3 is 0 Å². The lowest BCUT2D eigenvalue weighted by molar-refractivity contribution is 0.803. The zero-order valence-corrected chi connectivity index (χ0v) is 9.31. The van der Waals surface area contributed by atoms with Gasteiger partial charge in [-0.25, -0.2) is 4.98 Å². The van der Waals surface area contributed by atoms with E-state index in [0.29, 0.717) is 5.15 Å². The largest absolute Gasteiger partial charge is 0.368 e. The van der Waals surface area contributed by atoms with Crippen molar-refractivity contribution in [3.8, 4) is 0 Å². The van der Waals surface area contributed by atoms with E-state index in [9.17, 15) is 0 Å². The van der Waals surface area contributed by atoms with Crippen LogP contribution in [0.25, 0.3) is 0 Å². The highest BCUT2D eigenvalue weighted by molar-refractivity contribution is 8.00. The molecule has 1 saturated heterocycles. The highest BCUT2D eigenvalue weighted by Crippen LogP contribution is 2.26. The summed E-state index contributed by atoms with van der Waals surface area (Å²) in [4.78, 5) is 8.08. The van der Waals surface area contributed by atoms with Gasteiger partial charge in [0, 0.05) is 11.8 Å². The maximum absolute atomic E-state index is 5.72. The molecule has 1 aliphatic heterocycles. The lowest BCUT2D eigenvalue weighted by Gasteiger charge is -2.09. The zero-order chi connectivity index (χ0) is 9.80. The fourth-order valence-corrected chi connectivity index (χ4v) is 2.80. The van der Waals surface area contributed by atoms with Crippen LogP contribution in [-0.4, -0.2) is 27.5 Å². The van der Waals surface area contributed by atoms with Crippen molar-refractivity contribution in [3.63, 3.8) is 0 Å². The first-order valence-corrected chi connectivity index (χ1v) is 6.10. The number of rotatable bonds is 3. The minimum Gasteiger partial charge on any atom is -0.368 e. The van der Waals surface area contributed by atoms with Crippen LogP contribution in [0.2, 0.25) is 5.15 Å². The minimum absolute atomic E-state index is 0.439. The monoisotopic (exact) mass is 229 g/mol. The van der Waals surface area contributed by atoms with Crippen molar-refractivity contribution < 1.29 is 0 Å². The van der Waals surface area contributed by atoms with Gasteiger partial charge in [-0.15, -0.1) is 0 Å². The molecule has 0 bridgehead atoms. The number of anilines is 1. The van der Waals surface area contributed by atoms with Crippen LogP contribution in [0.5, 0.6) is 0 Å². The number of thioether (sulfide) groups is 1. The quantitative estimate of drug-likeness (QED) is 0.864. The molecule has 14 heavy (non-hydrogen) atoms. The van der Waals surface area contributed by atoms with Crippen molar-refractivity contribution >= 4 is 29.2 Å². The molecule has 2 heterocycles. The molecule has 1 fully saturated rings. The smallest absolute Gasteiger partial charge is 0.149 e. The summed E-state index contributed by atoms with van der Waals surface area (Å²) in [7, 11) is 0. The summed E-state index contributed by atoms with van der Waals surface area (Å²) in [5, 5.41) is 4.41. The van der Waals surface area contributed by atoms with Crippen molar-refractivity contribution in [2.75, 3.05) is 17.6 Å². The molecule has 0 amide bonds. The lowest BCUT2D eigenvalue weighted by Crippen LogP contribution is -2.14. The molecule has 1 aromatic heterocycles. The molecule has 2 rings (SSSR count). The second-order valence-corrected chi connectivity index (χ2v) is 5.04. The molecule has 1 unspecified atom stereocenters. The van der Waals surface area contributed by atoms with Crippen molar-refractivity contribution in [1.29, 1.82) is 0 Å². The summed E-state index contributed by atoms with van der Waals surface area (Å²) in [6.07, 6.45) is 5.87. The first-order valence-electron chi connectivity index (χ1n) is 4.67. The molecule has 76 valence electrons. The first kappa shape index (κ1) is 10.1. The molecule has 1 aliphatic rings. The van der Waals surface area contributed by atoms with Crippen molar-refractivity contribution in [3.05, 3.63) is 17.5 Å². The molecule has 0 spiro atoms. The Hall–Kier alpha value is -0.480. The Kier molecular flexibility index (Phi) is 3.48. The zero-order valence-electron chi connectivity index (χ0n) is 7.74. The maximum Gasteiger partial charge on any atom is 0.149 e. The third-order valence-corrected chi connectivity index (χ3v) is 3.72. The van der Waals surface area contributed by atoms with Gasteiger partial charge < -0.3 is 5.32 Å². The second kappa shape index (κ2) is 4.84. The van der Waals surface area contributed by atoms with Gasteiger partial charge in [-0.3, -0.25) is 4.98 Å². The summed E-state index contributed by atoms with van der Waals surface area (Å²) >= 11 is 7.74. The van der Waals surface area contributed by atoms with Gasteiger partial charge in [0.1, 0.15) is 11.0 Å². The number of hydrogen-bond donors (Lipinski definition) is 1. The minimum atomic E-state index is 0.439. The molecule has 5 heteroatoms. The summed E-state index contributed by atoms with van der Waals surface area (Å²) in [6, 6.07) is 0. The average molecular weight is 230 g/mol. The number of aromatic nitrogens is 2. The van der Waals surface area contributed by atoms with Gasteiger partial charge in [0.05, 0.1) is 12.4 Å². The Bertz CT molecular complexity index is 302. The van der Waals surface area contributed by atoms with Crippen molar-refractivity contribution in [1.82, 2.24) is 9.97 Å². The topological polar surface area (TPSA) is 37.8 Å². The molecule has 0 radical (unpaired) electrons. The summed E-state index contributed by atoms with van der Waals surface area (Å²) in [6.45, 7) is 0.958. The van der Waals surface area contributed by atoms with E-state index in [2.05, 4.69) is 15.3 Å². The van der Waals surface area contributed by atoms with E-state index in [1.54, 1.807) is 6.20 Å². The van der Waals surface area contributed by atoms with E-state index >= 15 is 0 Å². The van der Waals surface area contributed by atoms with E-state index in [1.807, 2.05) is 11.8 Å². The van der Waals surface area contributed by atoms with Gasteiger partial charge in [0.2, 0.25) is 0 Å². The Morgan fingerprint density at radius 1 is 1.57 bits per heavy atom. The number of nitrogens with zero attached hydrogens (tertiary/aromatic N) is 2. The van der Waals surface area contributed by atoms with Crippen LogP contribution in [0.1, 0.15) is 12.8 Å². The molecule has 3 nitrogen and oxygen atoms in total. The molecular weight excluding hydrogens is 218 g/mol. The molecule has 0 aromatic carbocycles. The Morgan fingerprint density at radius 3 is 3.21 bits per heavy atom. The highest BCUT2D eigenvalue weighted by Gasteiger charge is 2.14. The highest BCUT2D eigenvalue weighted by atomic mass is 35.5. The van der Waals surface area contributed by atoms with Gasteiger partial charge in [0.25, 0.3) is 0 Å². The second-order valence-electron chi connectivity index (χ2n) is 3.24. The van der Waals surface area contributed by atoms with Gasteiger partial charge in [0.15, 0.2) is 0 Å². The van der Waals surface area contributed by atoms with Gasteiger partial charge in [-0.05, 0) is 18.6 Å². The summed E-state index contributed by atoms with van der Waals surface area (Å²) in [5.41, 5.74) is 0. The third-order valence-electron chi connectivity index (χ3n) is 2.14. The third kappa shape index (κ3) is 2.75. The summed E-state index contributed by atoms with van der Waals surface area (Å²) in [5.74, 6) is 2.05. The molecule has 0 aliphatic carbocycles. The van der Waals surface area contributed by atoms with Crippen LogP contribution >= 0.6 is 23.4 Å². The SMILES string of the molecule is Clc1cncc(NCC2CCCS2)n1. The van der Waals surface area contributed by atoms with Crippen LogP contribution in [0, 0.1) is 0 Å². The van der Waals surface area contributed by atoms with E-state index < -0.39 is 0 Å². The molecule has 1 N–H and O–H groups in total. The Morgan fingerprint density at radius 2 is 2.50 bits per heavy atom. The molecule has 1 atom stereocenters. The Balaban J connectivity index is 1.85. The van der Waals surface area contributed by atoms with Crippen LogP contribution in [0.4, 0.5) is 5.82 Å². The van der Waals surface area contributed by atoms with Crippen LogP contribution in [0.3, 0.4) is 0 Å². The molecule has 1 aromatic rings. The Labute approximate surface area is 92.7 Å². The fraction of sp³-hybridized carbons (Fsp3) is 0.556. The van der Waals surface area contributed by atoms with E-state index in [-0.39, 0.29) is 0 Å². The van der Waals surface area contributed by atoms with E-state index in [4.69, 9.17) is 11.6 Å². The predicted octanol–water partition coefficient (Wildman–Crippen LogP) is 2.44. The van der Waals surface area contributed by atoms with Crippen LogP contribution in [0.15, 0.2) is 12.4 Å². The van der Waals surface area contributed by atoms with Crippen molar-refractivity contribution in [2.24, 2.45) is 0 Å². The number of hydrogen-bond acceptors (Lipinski definition) is 4. The first-order chi connectivity index (χ1) is 6.84. The average Bonchev–Trinajstić information content (AvgIpc) is 2.67. The lowest BCUT2D eigenvalue weighted by atomic mass is 10.2. The van der Waals surface area contributed by atoms with Gasteiger partial charge in [-0.2, -0.15) is 11.8 Å². The standard InChI is InChI=1S/C9H12ClN3S/c10-8-5-11-6-9(13-8)12-4-7-2-1-3-14-7/h5-7H,1-4H2,(H,12,13). The van der Waals surface area contributed by atoms with Crippen LogP contribution in [-0.2, 0) is 0 Å². The normalized spacial score (nSPS) is 21.1. The van der Waals surface area contributed by atoms with Crippen LogP contribution < -0.4 is 5.32 Å². The maximum atomic E-state index is 5.72. The molecular formula is C9H12ClN3S. The van der Waals surface area contributed by atoms with Crippen molar-refractivity contribution in [2.45, 2.75) is 18.1 Å². The van der Waals surface area contributed by atoms with E-state index in [1.165, 1.54) is 24.8 Å². The molecule has 0 saturated carbocycles. The number of halogens is 1. The van der Waals surface area contributed by atoms with E-state index in [0.717, 1.165) is 17.6 Å². The number of nitrogens with one attached hydrogen (secondary N) is 1. The summed E-state index contributed by atoms with van der Waals surface area (Å²) < 4.78 is 0. The predicted molar refractivity (Wildman–Crippen MR) is 61.0 cm³/mol. The van der Waals surface area contributed by atoms with Gasteiger partial charge in [-0.1, -0.05) is 11.6 Å². The fourth-order valence-electron chi connectivity index (χ4n) is 1.45.